The van der Waals surface area contributed by atoms with Gasteiger partial charge in [-0.25, -0.2) is 0 Å². The largest absolute Gasteiger partial charge is 0.337 e. The fourth-order valence-electron chi connectivity index (χ4n) is 2.27. The maximum Gasteiger partial charge on any atom is 0.263 e. The summed E-state index contributed by atoms with van der Waals surface area (Å²) in [5, 5.41) is 4.84. The molecule has 0 radical (unpaired) electrons. The van der Waals surface area contributed by atoms with Crippen LogP contribution >= 0.6 is 11.3 Å². The zero-order valence-corrected chi connectivity index (χ0v) is 14.5. The number of hydrogen-bond donors (Lipinski definition) is 1. The van der Waals surface area contributed by atoms with Gasteiger partial charge in [-0.05, 0) is 29.0 Å². The van der Waals surface area contributed by atoms with Gasteiger partial charge in [-0.1, -0.05) is 38.1 Å². The third-order valence-electron chi connectivity index (χ3n) is 3.37. The van der Waals surface area contributed by atoms with E-state index in [1.807, 2.05) is 55.6 Å². The number of hydrogen-bond acceptors (Lipinski definition) is 3. The van der Waals surface area contributed by atoms with Crippen LogP contribution in [0.25, 0.3) is 0 Å². The Kier molecular flexibility index (Phi) is 5.93. The highest BCUT2D eigenvalue weighted by Gasteiger charge is 2.15. The molecule has 0 aliphatic rings. The summed E-state index contributed by atoms with van der Waals surface area (Å²) < 4.78 is 0. The topological polar surface area (TPSA) is 49.4 Å². The molecule has 0 aliphatic carbocycles. The molecule has 0 spiro atoms. The number of benzene rings is 1. The first-order valence-electron chi connectivity index (χ1n) is 7.64. The molecule has 0 bridgehead atoms. The van der Waals surface area contributed by atoms with Gasteiger partial charge in [0, 0.05) is 25.7 Å². The van der Waals surface area contributed by atoms with E-state index >= 15 is 0 Å². The molecule has 4 nitrogen and oxygen atoms in total. The van der Waals surface area contributed by atoms with Gasteiger partial charge in [-0.15, -0.1) is 11.3 Å². The highest BCUT2D eigenvalue weighted by molar-refractivity contribution is 7.12. The second kappa shape index (κ2) is 7.92. The van der Waals surface area contributed by atoms with Crippen molar-refractivity contribution in [3.63, 3.8) is 0 Å². The Morgan fingerprint density at radius 1 is 1.17 bits per heavy atom. The van der Waals surface area contributed by atoms with Crippen LogP contribution in [0.4, 0.5) is 5.69 Å². The summed E-state index contributed by atoms with van der Waals surface area (Å²) >= 11 is 1.43. The van der Waals surface area contributed by atoms with E-state index in [1.165, 1.54) is 11.3 Å². The molecule has 0 atom stereocenters. The van der Waals surface area contributed by atoms with E-state index in [0.29, 0.717) is 23.8 Å². The van der Waals surface area contributed by atoms with Gasteiger partial charge in [0.2, 0.25) is 5.91 Å². The second-order valence-electron chi connectivity index (χ2n) is 5.94. The lowest BCUT2D eigenvalue weighted by molar-refractivity contribution is -0.116. The Balaban J connectivity index is 2.08. The molecule has 0 aliphatic heterocycles. The molecule has 2 aromatic rings. The van der Waals surface area contributed by atoms with Crippen LogP contribution in [0.1, 0.15) is 35.5 Å². The first-order valence-corrected chi connectivity index (χ1v) is 8.52. The van der Waals surface area contributed by atoms with E-state index in [-0.39, 0.29) is 11.8 Å². The smallest absolute Gasteiger partial charge is 0.263 e. The van der Waals surface area contributed by atoms with Gasteiger partial charge in [0.15, 0.2) is 0 Å². The summed E-state index contributed by atoms with van der Waals surface area (Å²) in [6.07, 6.45) is 0.484. The summed E-state index contributed by atoms with van der Waals surface area (Å²) in [4.78, 5) is 26.7. The number of carbonyl (C=O) groups is 2. The SMILES string of the molecule is CC(C)CC(=O)Nc1ccccc1CN(C)C(=O)c1cccs1. The van der Waals surface area contributed by atoms with E-state index in [0.717, 1.165) is 11.3 Å². The number of rotatable bonds is 6. The minimum Gasteiger partial charge on any atom is -0.337 e. The fraction of sp³-hybridized carbons (Fsp3) is 0.333. The first-order chi connectivity index (χ1) is 11.0. The van der Waals surface area contributed by atoms with Crippen molar-refractivity contribution in [1.82, 2.24) is 4.90 Å². The lowest BCUT2D eigenvalue weighted by atomic mass is 10.1. The van der Waals surface area contributed by atoms with Gasteiger partial charge < -0.3 is 10.2 Å². The van der Waals surface area contributed by atoms with Crippen LogP contribution in [0.5, 0.6) is 0 Å². The van der Waals surface area contributed by atoms with Gasteiger partial charge >= 0.3 is 0 Å². The first kappa shape index (κ1) is 17.2. The van der Waals surface area contributed by atoms with Crippen LogP contribution < -0.4 is 5.32 Å². The molecular formula is C18H22N2O2S. The van der Waals surface area contributed by atoms with E-state index in [2.05, 4.69) is 5.32 Å². The van der Waals surface area contributed by atoms with Crippen LogP contribution in [0, 0.1) is 5.92 Å². The molecule has 122 valence electrons. The highest BCUT2D eigenvalue weighted by atomic mass is 32.1. The predicted octanol–water partition coefficient (Wildman–Crippen LogP) is 4.00. The molecule has 1 aromatic heterocycles. The predicted molar refractivity (Wildman–Crippen MR) is 94.6 cm³/mol. The van der Waals surface area contributed by atoms with Crippen LogP contribution in [0.15, 0.2) is 41.8 Å². The Morgan fingerprint density at radius 2 is 1.91 bits per heavy atom. The number of amides is 2. The van der Waals surface area contributed by atoms with Crippen LogP contribution in [-0.4, -0.2) is 23.8 Å². The van der Waals surface area contributed by atoms with Crippen molar-refractivity contribution >= 4 is 28.8 Å². The molecule has 23 heavy (non-hydrogen) atoms. The molecular weight excluding hydrogens is 308 g/mol. The molecule has 0 unspecified atom stereocenters. The van der Waals surface area contributed by atoms with Crippen molar-refractivity contribution in [3.05, 3.63) is 52.2 Å². The lowest BCUT2D eigenvalue weighted by Gasteiger charge is -2.19. The monoisotopic (exact) mass is 330 g/mol. The standard InChI is InChI=1S/C18H22N2O2S/c1-13(2)11-17(21)19-15-8-5-4-7-14(15)12-20(3)18(22)16-9-6-10-23-16/h4-10,13H,11-12H2,1-3H3,(H,19,21). The van der Waals surface area contributed by atoms with Gasteiger partial charge in [-0.2, -0.15) is 0 Å². The van der Waals surface area contributed by atoms with E-state index in [9.17, 15) is 9.59 Å². The van der Waals surface area contributed by atoms with E-state index < -0.39 is 0 Å². The van der Waals surface area contributed by atoms with Crippen molar-refractivity contribution in [2.75, 3.05) is 12.4 Å². The minimum atomic E-state index is -0.0108. The maximum absolute atomic E-state index is 12.3. The Bertz CT molecular complexity index is 665. The van der Waals surface area contributed by atoms with Crippen LogP contribution in [0.2, 0.25) is 0 Å². The number of nitrogens with one attached hydrogen (secondary N) is 1. The molecule has 1 aromatic carbocycles. The maximum atomic E-state index is 12.3. The minimum absolute atomic E-state index is 0.000290. The van der Waals surface area contributed by atoms with Gasteiger partial charge in [0.25, 0.3) is 5.91 Å². The second-order valence-corrected chi connectivity index (χ2v) is 6.89. The van der Waals surface area contributed by atoms with E-state index in [4.69, 9.17) is 0 Å². The van der Waals surface area contributed by atoms with Crippen molar-refractivity contribution in [1.29, 1.82) is 0 Å². The normalized spacial score (nSPS) is 10.6. The average molecular weight is 330 g/mol. The molecule has 5 heteroatoms. The number of carbonyl (C=O) groups excluding carboxylic acids is 2. The van der Waals surface area contributed by atoms with Crippen molar-refractivity contribution in [2.45, 2.75) is 26.8 Å². The summed E-state index contributed by atoms with van der Waals surface area (Å²) in [5.74, 6) is 0.299. The van der Waals surface area contributed by atoms with Gasteiger partial charge in [-0.3, -0.25) is 9.59 Å². The van der Waals surface area contributed by atoms with Crippen LogP contribution in [-0.2, 0) is 11.3 Å². The summed E-state index contributed by atoms with van der Waals surface area (Å²) in [6, 6.07) is 11.3. The Hall–Kier alpha value is -2.14. The van der Waals surface area contributed by atoms with Gasteiger partial charge in [0.1, 0.15) is 0 Å². The summed E-state index contributed by atoms with van der Waals surface area (Å²) in [7, 11) is 1.77. The highest BCUT2D eigenvalue weighted by Crippen LogP contribution is 2.19. The quantitative estimate of drug-likeness (QED) is 0.870. The number of thiophene rings is 1. The number of para-hydroxylation sites is 1. The Morgan fingerprint density at radius 3 is 2.57 bits per heavy atom. The molecule has 2 amide bonds. The zero-order chi connectivity index (χ0) is 16.8. The summed E-state index contributed by atoms with van der Waals surface area (Å²) in [6.45, 7) is 4.48. The number of nitrogens with zero attached hydrogens (tertiary/aromatic N) is 1. The van der Waals surface area contributed by atoms with E-state index in [1.54, 1.807) is 11.9 Å². The van der Waals surface area contributed by atoms with Crippen molar-refractivity contribution in [2.24, 2.45) is 5.92 Å². The third kappa shape index (κ3) is 4.93. The van der Waals surface area contributed by atoms with Crippen molar-refractivity contribution < 1.29 is 9.59 Å². The molecule has 0 saturated carbocycles. The third-order valence-corrected chi connectivity index (χ3v) is 4.23. The molecule has 0 fully saturated rings. The molecule has 1 N–H and O–H groups in total. The summed E-state index contributed by atoms with van der Waals surface area (Å²) in [5.41, 5.74) is 1.70. The van der Waals surface area contributed by atoms with Gasteiger partial charge in [0.05, 0.1) is 4.88 Å². The molecule has 1 heterocycles. The van der Waals surface area contributed by atoms with Crippen molar-refractivity contribution in [3.8, 4) is 0 Å². The lowest BCUT2D eigenvalue weighted by Crippen LogP contribution is -2.26. The number of anilines is 1. The van der Waals surface area contributed by atoms with Crippen LogP contribution in [0.3, 0.4) is 0 Å². The fourth-order valence-corrected chi connectivity index (χ4v) is 2.99. The molecule has 0 saturated heterocycles. The Labute approximate surface area is 141 Å². The zero-order valence-electron chi connectivity index (χ0n) is 13.7. The molecule has 2 rings (SSSR count). The average Bonchev–Trinajstić information content (AvgIpc) is 3.01.